The largest absolute Gasteiger partial charge is 0.271 e. The summed E-state index contributed by atoms with van der Waals surface area (Å²) in [6.45, 7) is 0. The Labute approximate surface area is 132 Å². The van der Waals surface area contributed by atoms with Crippen molar-refractivity contribution in [3.05, 3.63) is 34.9 Å². The molecule has 4 saturated carbocycles. The lowest BCUT2D eigenvalue weighted by molar-refractivity contribution is -0.0623. The van der Waals surface area contributed by atoms with Crippen LogP contribution in [-0.2, 0) is 0 Å². The summed E-state index contributed by atoms with van der Waals surface area (Å²) in [5.41, 5.74) is 4.89. The van der Waals surface area contributed by atoms with Crippen molar-refractivity contribution in [1.29, 1.82) is 0 Å². The molecule has 3 N–H and O–H groups in total. The fourth-order valence-corrected chi connectivity index (χ4v) is 6.07. The predicted octanol–water partition coefficient (Wildman–Crippen LogP) is 4.45. The third-order valence-corrected chi connectivity index (χ3v) is 6.53. The van der Waals surface area contributed by atoms with Crippen LogP contribution in [0.3, 0.4) is 0 Å². The van der Waals surface area contributed by atoms with E-state index >= 15 is 0 Å². The van der Waals surface area contributed by atoms with Crippen molar-refractivity contribution in [2.75, 3.05) is 0 Å². The molecule has 1 atom stereocenters. The van der Waals surface area contributed by atoms with Crippen molar-refractivity contribution in [3.8, 4) is 0 Å². The highest BCUT2D eigenvalue weighted by Gasteiger charge is 2.51. The summed E-state index contributed by atoms with van der Waals surface area (Å²) < 4.78 is 0. The van der Waals surface area contributed by atoms with Crippen LogP contribution >= 0.6 is 11.6 Å². The van der Waals surface area contributed by atoms with Crippen LogP contribution in [0.15, 0.2) is 24.3 Å². The van der Waals surface area contributed by atoms with Gasteiger partial charge in [0, 0.05) is 11.1 Å². The Kier molecular flexibility index (Phi) is 3.52. The number of hydrogen-bond donors (Lipinski definition) is 2. The van der Waals surface area contributed by atoms with E-state index in [9.17, 15) is 0 Å². The van der Waals surface area contributed by atoms with E-state index in [-0.39, 0.29) is 6.04 Å². The Morgan fingerprint density at radius 1 is 1.05 bits per heavy atom. The Morgan fingerprint density at radius 2 is 1.57 bits per heavy atom. The molecule has 114 valence electrons. The van der Waals surface area contributed by atoms with Gasteiger partial charge >= 0.3 is 0 Å². The Balaban J connectivity index is 1.55. The molecule has 0 radical (unpaired) electrons. The lowest BCUT2D eigenvalue weighted by Gasteiger charge is -2.57. The van der Waals surface area contributed by atoms with E-state index in [0.717, 1.165) is 22.8 Å². The summed E-state index contributed by atoms with van der Waals surface area (Å²) in [6.07, 6.45) is 10.00. The van der Waals surface area contributed by atoms with Gasteiger partial charge in [-0.2, -0.15) is 0 Å². The zero-order chi connectivity index (χ0) is 14.4. The van der Waals surface area contributed by atoms with Crippen LogP contribution in [0.1, 0.15) is 56.6 Å². The van der Waals surface area contributed by atoms with Crippen molar-refractivity contribution >= 4 is 11.6 Å². The summed E-state index contributed by atoms with van der Waals surface area (Å²) in [6, 6.07) is 8.45. The van der Waals surface area contributed by atoms with Crippen LogP contribution in [0.4, 0.5) is 0 Å². The molecule has 0 saturated heterocycles. The van der Waals surface area contributed by atoms with Crippen LogP contribution in [0.25, 0.3) is 0 Å². The first-order chi connectivity index (χ1) is 10.2. The second-order valence-corrected chi connectivity index (χ2v) is 8.33. The van der Waals surface area contributed by atoms with Gasteiger partial charge in [-0.25, -0.2) is 0 Å². The Bertz CT molecular complexity index is 475. The second-order valence-electron chi connectivity index (χ2n) is 7.89. The van der Waals surface area contributed by atoms with Gasteiger partial charge in [0.05, 0.1) is 0 Å². The molecule has 21 heavy (non-hydrogen) atoms. The number of rotatable bonds is 4. The molecule has 0 aliphatic heterocycles. The number of halogens is 1. The van der Waals surface area contributed by atoms with E-state index in [1.54, 1.807) is 0 Å². The quantitative estimate of drug-likeness (QED) is 0.637. The first-order valence-electron chi connectivity index (χ1n) is 8.37. The lowest BCUT2D eigenvalue weighted by atomic mass is 9.48. The van der Waals surface area contributed by atoms with Crippen molar-refractivity contribution in [3.63, 3.8) is 0 Å². The van der Waals surface area contributed by atoms with Crippen LogP contribution in [0.5, 0.6) is 0 Å². The zero-order valence-corrected chi connectivity index (χ0v) is 13.3. The summed E-state index contributed by atoms with van der Waals surface area (Å²) >= 11 is 6.01. The maximum Gasteiger partial charge on any atom is 0.0465 e. The monoisotopic (exact) mass is 304 g/mol. The number of nitrogens with two attached hydrogens (primary N) is 1. The molecule has 4 bridgehead atoms. The molecule has 4 fully saturated rings. The van der Waals surface area contributed by atoms with Crippen LogP contribution < -0.4 is 11.3 Å². The maximum absolute atomic E-state index is 6.01. The summed E-state index contributed by atoms with van der Waals surface area (Å²) in [5, 5.41) is 0.796. The number of hydrazine groups is 1. The normalized spacial score (nSPS) is 38.7. The summed E-state index contributed by atoms with van der Waals surface area (Å²) in [4.78, 5) is 0. The van der Waals surface area contributed by atoms with Crippen LogP contribution in [0.2, 0.25) is 5.02 Å². The summed E-state index contributed by atoms with van der Waals surface area (Å²) in [7, 11) is 0. The Morgan fingerprint density at radius 3 is 2.05 bits per heavy atom. The van der Waals surface area contributed by atoms with Crippen molar-refractivity contribution < 1.29 is 0 Å². The average molecular weight is 305 g/mol. The highest BCUT2D eigenvalue weighted by atomic mass is 35.5. The van der Waals surface area contributed by atoms with Gasteiger partial charge in [-0.15, -0.1) is 0 Å². The first-order valence-corrected chi connectivity index (χ1v) is 8.75. The smallest absolute Gasteiger partial charge is 0.0465 e. The minimum atomic E-state index is 0.263. The molecule has 3 heteroatoms. The topological polar surface area (TPSA) is 38.0 Å². The molecule has 4 aliphatic rings. The lowest BCUT2D eigenvalue weighted by Crippen LogP contribution is -2.48. The SMILES string of the molecule is NNC(CC12CC3CC(CC(C3)C1)C2)c1ccc(Cl)cc1. The number of benzene rings is 1. The molecule has 5 rings (SSSR count). The van der Waals surface area contributed by atoms with E-state index in [0.29, 0.717) is 5.41 Å². The van der Waals surface area contributed by atoms with Gasteiger partial charge in [-0.3, -0.25) is 11.3 Å². The minimum absolute atomic E-state index is 0.263. The molecular weight excluding hydrogens is 280 g/mol. The number of nitrogens with one attached hydrogen (secondary N) is 1. The molecule has 0 aromatic heterocycles. The molecule has 1 aromatic rings. The molecular formula is C18H25ClN2. The fourth-order valence-electron chi connectivity index (χ4n) is 5.94. The van der Waals surface area contributed by atoms with E-state index in [1.807, 2.05) is 12.1 Å². The Hall–Kier alpha value is -0.570. The molecule has 0 amide bonds. The average Bonchev–Trinajstić information content (AvgIpc) is 2.44. The van der Waals surface area contributed by atoms with E-state index in [1.165, 1.54) is 50.5 Å². The maximum atomic E-state index is 6.01. The molecule has 1 aromatic carbocycles. The molecule has 0 heterocycles. The van der Waals surface area contributed by atoms with Gasteiger partial charge in [0.2, 0.25) is 0 Å². The first kappa shape index (κ1) is 14.0. The van der Waals surface area contributed by atoms with Gasteiger partial charge in [-0.05, 0) is 85.8 Å². The van der Waals surface area contributed by atoms with E-state index in [4.69, 9.17) is 17.4 Å². The van der Waals surface area contributed by atoms with Crippen LogP contribution in [-0.4, -0.2) is 0 Å². The third-order valence-electron chi connectivity index (χ3n) is 6.28. The van der Waals surface area contributed by atoms with Gasteiger partial charge in [0.1, 0.15) is 0 Å². The highest BCUT2D eigenvalue weighted by Crippen LogP contribution is 2.62. The summed E-state index contributed by atoms with van der Waals surface area (Å²) in [5.74, 6) is 8.89. The zero-order valence-electron chi connectivity index (χ0n) is 12.5. The van der Waals surface area contributed by atoms with Gasteiger partial charge in [0.15, 0.2) is 0 Å². The third kappa shape index (κ3) is 2.62. The van der Waals surface area contributed by atoms with Gasteiger partial charge in [-0.1, -0.05) is 23.7 Å². The van der Waals surface area contributed by atoms with Crippen molar-refractivity contribution in [1.82, 2.24) is 5.43 Å². The molecule has 1 unspecified atom stereocenters. The van der Waals surface area contributed by atoms with E-state index < -0.39 is 0 Å². The minimum Gasteiger partial charge on any atom is -0.271 e. The van der Waals surface area contributed by atoms with Crippen molar-refractivity contribution in [2.24, 2.45) is 29.0 Å². The highest BCUT2D eigenvalue weighted by molar-refractivity contribution is 6.30. The molecule has 4 aliphatic carbocycles. The molecule has 0 spiro atoms. The van der Waals surface area contributed by atoms with Crippen molar-refractivity contribution in [2.45, 2.75) is 51.0 Å². The van der Waals surface area contributed by atoms with Gasteiger partial charge in [0.25, 0.3) is 0 Å². The standard InChI is InChI=1S/C18H25ClN2/c19-16-3-1-15(2-4-16)17(21-20)11-18-8-12-5-13(9-18)7-14(6-12)10-18/h1-4,12-14,17,21H,5-11,20H2. The second kappa shape index (κ2) is 5.26. The fraction of sp³-hybridized carbons (Fsp3) is 0.667. The van der Waals surface area contributed by atoms with E-state index in [2.05, 4.69) is 17.6 Å². The molecule has 2 nitrogen and oxygen atoms in total. The number of hydrogen-bond acceptors (Lipinski definition) is 2. The van der Waals surface area contributed by atoms with Gasteiger partial charge < -0.3 is 0 Å². The van der Waals surface area contributed by atoms with Crippen LogP contribution in [0, 0.1) is 23.2 Å². The predicted molar refractivity (Wildman–Crippen MR) is 86.7 cm³/mol.